The molecule has 0 radical (unpaired) electrons. The van der Waals surface area contributed by atoms with Crippen LogP contribution in [-0.2, 0) is 20.4 Å². The monoisotopic (exact) mass is 472 g/mol. The van der Waals surface area contributed by atoms with E-state index < -0.39 is 9.52 Å². The first-order valence-electron chi connectivity index (χ1n) is 9.21. The van der Waals surface area contributed by atoms with E-state index in [0.717, 1.165) is 0 Å². The van der Waals surface area contributed by atoms with Crippen LogP contribution >= 0.6 is 0 Å². The minimum absolute atomic E-state index is 0. The Balaban J connectivity index is 0.00000225. The van der Waals surface area contributed by atoms with Gasteiger partial charge in [-0.05, 0) is 0 Å². The van der Waals surface area contributed by atoms with Crippen molar-refractivity contribution in [3.8, 4) is 0 Å². The predicted octanol–water partition coefficient (Wildman–Crippen LogP) is -4.30. The van der Waals surface area contributed by atoms with Gasteiger partial charge < -0.3 is 37.2 Å². The first-order chi connectivity index (χ1) is 11.6. The van der Waals surface area contributed by atoms with Crippen LogP contribution in [0.2, 0.25) is 0 Å². The Labute approximate surface area is 197 Å². The molecular formula is C22H27Cl3SiTi. The summed E-state index contributed by atoms with van der Waals surface area (Å²) in [6.07, 6.45) is 5.34. The van der Waals surface area contributed by atoms with Gasteiger partial charge in [-0.1, -0.05) is 0 Å². The van der Waals surface area contributed by atoms with E-state index in [1.54, 1.807) is 25.4 Å². The zero-order valence-electron chi connectivity index (χ0n) is 16.3. The molecule has 0 bridgehead atoms. The van der Waals surface area contributed by atoms with Gasteiger partial charge in [0.15, 0.2) is 0 Å². The van der Waals surface area contributed by atoms with Crippen LogP contribution in [-0.4, -0.2) is 9.52 Å². The summed E-state index contributed by atoms with van der Waals surface area (Å²) in [5.74, 6) is 0.668. The fourth-order valence-corrected chi connectivity index (χ4v) is 7.35. The van der Waals surface area contributed by atoms with Crippen molar-refractivity contribution in [2.24, 2.45) is 0 Å². The molecule has 0 saturated heterocycles. The third-order valence-corrected chi connectivity index (χ3v) is 8.59. The predicted molar refractivity (Wildman–Crippen MR) is 104 cm³/mol. The Hall–Kier alpha value is -0.0188. The number of halogens is 3. The van der Waals surface area contributed by atoms with Crippen molar-refractivity contribution in [2.75, 3.05) is 0 Å². The number of fused-ring (bicyclic) bond motifs is 1. The zero-order valence-corrected chi connectivity index (χ0v) is 21.5. The average molecular weight is 474 g/mol. The van der Waals surface area contributed by atoms with E-state index in [-0.39, 0.29) is 37.2 Å². The number of rotatable bonds is 6. The molecule has 0 nitrogen and oxygen atoms in total. The van der Waals surface area contributed by atoms with Crippen molar-refractivity contribution < 1.29 is 57.7 Å². The van der Waals surface area contributed by atoms with Crippen LogP contribution in [0, 0.1) is 13.8 Å². The van der Waals surface area contributed by atoms with Crippen LogP contribution in [0.5, 0.6) is 0 Å². The smallest absolute Gasteiger partial charge is 1.00 e. The standard InChI is InChI=1S/C22H27Si.3ClH.Ti/c1-4-5-6-9-18-15-22(21-11-8-7-10-20(18)21)23-19-13-16(2)12-17(3)14-19;;;;/h7-8,10-14,18H,4-6,9,23H2,1-3H3;3*1H;/q;;;;+3/p-3. The molecule has 2 aromatic carbocycles. The fourth-order valence-electron chi connectivity index (χ4n) is 4.05. The Kier molecular flexibility index (Phi) is 12.5. The van der Waals surface area contributed by atoms with Crippen molar-refractivity contribution in [3.63, 3.8) is 0 Å². The second-order valence-electron chi connectivity index (χ2n) is 7.20. The summed E-state index contributed by atoms with van der Waals surface area (Å²) in [5, 5.41) is 3.29. The normalized spacial score (nSPS) is 15.2. The quantitative estimate of drug-likeness (QED) is 0.294. The Bertz CT molecular complexity index is 754. The average Bonchev–Trinajstić information content (AvgIpc) is 2.80. The Morgan fingerprint density at radius 3 is 2.19 bits per heavy atom. The summed E-state index contributed by atoms with van der Waals surface area (Å²) < 4.78 is 1.66. The van der Waals surface area contributed by atoms with Gasteiger partial charge in [0.05, 0.1) is 0 Å². The van der Waals surface area contributed by atoms with E-state index in [9.17, 15) is 0 Å². The maximum atomic E-state index is 2.41. The summed E-state index contributed by atoms with van der Waals surface area (Å²) in [6.45, 7) is 6.74. The van der Waals surface area contributed by atoms with Gasteiger partial charge in [-0.3, -0.25) is 0 Å². The molecule has 1 aliphatic carbocycles. The summed E-state index contributed by atoms with van der Waals surface area (Å²) in [6, 6.07) is 16.3. The fraction of sp³-hybridized carbons (Fsp3) is 0.364. The van der Waals surface area contributed by atoms with Crippen molar-refractivity contribution in [1.29, 1.82) is 0 Å². The maximum absolute atomic E-state index is 2.41. The molecule has 5 heteroatoms. The molecule has 0 heterocycles. The van der Waals surface area contributed by atoms with Gasteiger partial charge in [-0.2, -0.15) is 0 Å². The first kappa shape index (κ1) is 27.0. The van der Waals surface area contributed by atoms with Crippen LogP contribution in [0.15, 0.2) is 46.3 Å². The summed E-state index contributed by atoms with van der Waals surface area (Å²) in [5.41, 5.74) is 5.96. The molecule has 1 aliphatic rings. The molecule has 0 fully saturated rings. The summed E-state index contributed by atoms with van der Waals surface area (Å²) in [7, 11) is -0.415. The second-order valence-corrected chi connectivity index (χ2v) is 9.92. The molecule has 144 valence electrons. The van der Waals surface area contributed by atoms with Gasteiger partial charge >= 0.3 is 161 Å². The second kappa shape index (κ2) is 12.5. The molecule has 3 rings (SSSR count). The van der Waals surface area contributed by atoms with E-state index in [0.29, 0.717) is 5.92 Å². The summed E-state index contributed by atoms with van der Waals surface area (Å²) in [4.78, 5) is 0. The molecule has 0 N–H and O–H groups in total. The van der Waals surface area contributed by atoms with Crippen molar-refractivity contribution in [1.82, 2.24) is 0 Å². The third-order valence-electron chi connectivity index (χ3n) is 5.09. The molecule has 1 atom stereocenters. The molecule has 0 aromatic heterocycles. The van der Waals surface area contributed by atoms with Gasteiger partial charge in [0, 0.05) is 0 Å². The van der Waals surface area contributed by atoms with Crippen molar-refractivity contribution in [2.45, 2.75) is 52.4 Å². The summed E-state index contributed by atoms with van der Waals surface area (Å²) >= 11 is 2.40. The molecule has 27 heavy (non-hydrogen) atoms. The number of aryl methyl sites for hydroxylation is 2. The van der Waals surface area contributed by atoms with Gasteiger partial charge in [-0.25, -0.2) is 0 Å². The molecule has 0 amide bonds. The van der Waals surface area contributed by atoms with Crippen LogP contribution in [0.4, 0.5) is 0 Å². The Morgan fingerprint density at radius 1 is 0.926 bits per heavy atom. The number of allylic oxidation sites excluding steroid dienone is 1. The van der Waals surface area contributed by atoms with Crippen LogP contribution < -0.4 is 42.4 Å². The minimum atomic E-state index is -0.415. The number of benzene rings is 2. The number of hydrogen-bond acceptors (Lipinski definition) is 0. The molecular weight excluding hydrogens is 447 g/mol. The van der Waals surface area contributed by atoms with E-state index in [1.165, 1.54) is 36.8 Å². The molecule has 0 spiro atoms. The maximum Gasteiger partial charge on any atom is -1.00 e. The number of unbranched alkanes of at least 4 members (excludes halogenated alkanes) is 2. The zero-order chi connectivity index (χ0) is 17.1. The van der Waals surface area contributed by atoms with Gasteiger partial charge in [-0.15, -0.1) is 0 Å². The van der Waals surface area contributed by atoms with Crippen molar-refractivity contribution in [3.05, 3.63) is 68.6 Å². The first-order valence-corrected chi connectivity index (χ1v) is 11.4. The van der Waals surface area contributed by atoms with Gasteiger partial charge in [0.1, 0.15) is 0 Å². The van der Waals surface area contributed by atoms with Gasteiger partial charge in [0.2, 0.25) is 0 Å². The topological polar surface area (TPSA) is 0 Å². The van der Waals surface area contributed by atoms with Gasteiger partial charge in [0.25, 0.3) is 0 Å². The van der Waals surface area contributed by atoms with Crippen LogP contribution in [0.3, 0.4) is 0 Å². The van der Waals surface area contributed by atoms with E-state index in [4.69, 9.17) is 0 Å². The molecule has 1 unspecified atom stereocenters. The van der Waals surface area contributed by atoms with E-state index in [1.807, 2.05) is 0 Å². The SMILES string of the molecule is CCCCCC1[C]([Ti+3])=C([SiH2]c2cc(C)cc(C)c2)c2ccccc21.[Cl-].[Cl-].[Cl-]. The molecule has 0 aliphatic heterocycles. The minimum Gasteiger partial charge on any atom is -1.00 e. The largest absolute Gasteiger partial charge is 1.00 e. The van der Waals surface area contributed by atoms with E-state index in [2.05, 4.69) is 83.7 Å². The third kappa shape index (κ3) is 6.49. The van der Waals surface area contributed by atoms with Crippen LogP contribution in [0.1, 0.15) is 60.8 Å². The van der Waals surface area contributed by atoms with Crippen molar-refractivity contribution >= 4 is 19.9 Å². The number of hydrogen-bond donors (Lipinski definition) is 0. The Morgan fingerprint density at radius 2 is 1.56 bits per heavy atom. The van der Waals surface area contributed by atoms with E-state index >= 15 is 0 Å². The molecule has 2 aromatic rings. The van der Waals surface area contributed by atoms with Crippen LogP contribution in [0.25, 0.3) is 5.20 Å². The molecule has 0 saturated carbocycles.